The molecule has 4 nitrogen and oxygen atoms in total. The van der Waals surface area contributed by atoms with Gasteiger partial charge in [0.1, 0.15) is 18.1 Å². The van der Waals surface area contributed by atoms with Crippen LogP contribution >= 0.6 is 0 Å². The zero-order valence-electron chi connectivity index (χ0n) is 11.8. The summed E-state index contributed by atoms with van der Waals surface area (Å²) in [5.74, 6) is -1.45. The number of aryl methyl sites for hydroxylation is 2. The lowest BCUT2D eigenvalue weighted by Crippen LogP contribution is -2.24. The van der Waals surface area contributed by atoms with Crippen molar-refractivity contribution in [3.63, 3.8) is 0 Å². The summed E-state index contributed by atoms with van der Waals surface area (Å²) in [5.41, 5.74) is -0.253. The molecule has 0 fully saturated rings. The van der Waals surface area contributed by atoms with Crippen molar-refractivity contribution < 1.29 is 22.4 Å². The van der Waals surface area contributed by atoms with Crippen LogP contribution in [0.2, 0.25) is 0 Å². The standard InChI is InChI=1S/C14H13F4N3O/c1-8-3-4-10(15)11(5-8)19-13(22)7-21-12(14(16,17)18)6-9(2)20-21/h3-6H,7H2,1-2H3,(H,19,22). The molecule has 0 aliphatic rings. The molecular weight excluding hydrogens is 302 g/mol. The van der Waals surface area contributed by atoms with Crippen LogP contribution < -0.4 is 5.32 Å². The molecule has 1 heterocycles. The van der Waals surface area contributed by atoms with Crippen molar-refractivity contribution in [2.75, 3.05) is 5.32 Å². The van der Waals surface area contributed by atoms with E-state index in [9.17, 15) is 22.4 Å². The number of anilines is 1. The van der Waals surface area contributed by atoms with Gasteiger partial charge in [0, 0.05) is 0 Å². The van der Waals surface area contributed by atoms with Gasteiger partial charge in [-0.25, -0.2) is 4.39 Å². The first-order valence-electron chi connectivity index (χ1n) is 6.34. The van der Waals surface area contributed by atoms with Crippen molar-refractivity contribution in [3.8, 4) is 0 Å². The van der Waals surface area contributed by atoms with Crippen LogP contribution in [-0.2, 0) is 17.5 Å². The molecule has 0 radical (unpaired) electrons. The van der Waals surface area contributed by atoms with E-state index in [1.165, 1.54) is 25.1 Å². The third kappa shape index (κ3) is 3.63. The highest BCUT2D eigenvalue weighted by Gasteiger charge is 2.35. The van der Waals surface area contributed by atoms with Crippen LogP contribution in [0.25, 0.3) is 0 Å². The Hall–Kier alpha value is -2.38. The first kappa shape index (κ1) is 16.0. The van der Waals surface area contributed by atoms with E-state index in [0.29, 0.717) is 10.2 Å². The van der Waals surface area contributed by atoms with Crippen LogP contribution in [0.5, 0.6) is 0 Å². The molecular formula is C14H13F4N3O. The monoisotopic (exact) mass is 315 g/mol. The summed E-state index contributed by atoms with van der Waals surface area (Å²) in [7, 11) is 0. The zero-order chi connectivity index (χ0) is 16.5. The number of amides is 1. The minimum absolute atomic E-state index is 0.0811. The van der Waals surface area contributed by atoms with Crippen molar-refractivity contribution in [3.05, 3.63) is 47.0 Å². The molecule has 8 heteroatoms. The number of hydrogen-bond acceptors (Lipinski definition) is 2. The third-order valence-corrected chi connectivity index (χ3v) is 2.88. The van der Waals surface area contributed by atoms with Gasteiger partial charge in [0.05, 0.1) is 11.4 Å². The lowest BCUT2D eigenvalue weighted by molar-refractivity contribution is -0.144. The van der Waals surface area contributed by atoms with Crippen molar-refractivity contribution in [1.82, 2.24) is 9.78 Å². The molecule has 118 valence electrons. The van der Waals surface area contributed by atoms with E-state index in [0.717, 1.165) is 6.07 Å². The fourth-order valence-corrected chi connectivity index (χ4v) is 1.95. The van der Waals surface area contributed by atoms with Gasteiger partial charge in [-0.3, -0.25) is 9.48 Å². The average Bonchev–Trinajstić information content (AvgIpc) is 2.74. The SMILES string of the molecule is Cc1ccc(F)c(NC(=O)Cn2nc(C)cc2C(F)(F)F)c1. The normalized spacial score (nSPS) is 11.5. The zero-order valence-corrected chi connectivity index (χ0v) is 11.8. The summed E-state index contributed by atoms with van der Waals surface area (Å²) < 4.78 is 52.5. The maximum Gasteiger partial charge on any atom is 0.433 e. The number of carbonyl (C=O) groups is 1. The van der Waals surface area contributed by atoms with Crippen molar-refractivity contribution in [2.45, 2.75) is 26.6 Å². The number of hydrogen-bond donors (Lipinski definition) is 1. The quantitative estimate of drug-likeness (QED) is 0.884. The predicted octanol–water partition coefficient (Wildman–Crippen LogP) is 3.30. The van der Waals surface area contributed by atoms with Crippen LogP contribution in [-0.4, -0.2) is 15.7 Å². The molecule has 1 aromatic heterocycles. The van der Waals surface area contributed by atoms with Gasteiger partial charge < -0.3 is 5.32 Å². The number of nitrogens with one attached hydrogen (secondary N) is 1. The molecule has 2 rings (SSSR count). The maximum absolute atomic E-state index is 13.5. The van der Waals surface area contributed by atoms with E-state index in [1.807, 2.05) is 0 Å². The molecule has 0 saturated heterocycles. The van der Waals surface area contributed by atoms with Crippen molar-refractivity contribution in [2.24, 2.45) is 0 Å². The summed E-state index contributed by atoms with van der Waals surface area (Å²) in [6.45, 7) is 2.44. The Balaban J connectivity index is 2.18. The smallest absolute Gasteiger partial charge is 0.322 e. The van der Waals surface area contributed by atoms with E-state index in [1.54, 1.807) is 6.92 Å². The predicted molar refractivity (Wildman–Crippen MR) is 71.7 cm³/mol. The Morgan fingerprint density at radius 2 is 1.95 bits per heavy atom. The Morgan fingerprint density at radius 1 is 1.27 bits per heavy atom. The Labute approximate surface area is 123 Å². The fourth-order valence-electron chi connectivity index (χ4n) is 1.95. The molecule has 1 N–H and O–H groups in total. The van der Waals surface area contributed by atoms with Crippen LogP contribution in [0.4, 0.5) is 23.2 Å². The van der Waals surface area contributed by atoms with Crippen molar-refractivity contribution in [1.29, 1.82) is 0 Å². The van der Waals surface area contributed by atoms with Gasteiger partial charge in [0.15, 0.2) is 0 Å². The molecule has 1 aromatic carbocycles. The second-order valence-electron chi connectivity index (χ2n) is 4.86. The number of nitrogens with zero attached hydrogens (tertiary/aromatic N) is 2. The molecule has 0 saturated carbocycles. The summed E-state index contributed by atoms with van der Waals surface area (Å²) in [6, 6.07) is 4.93. The Kier molecular flexibility index (Phi) is 4.20. The second-order valence-corrected chi connectivity index (χ2v) is 4.86. The highest BCUT2D eigenvalue weighted by atomic mass is 19.4. The Bertz CT molecular complexity index is 707. The average molecular weight is 315 g/mol. The number of rotatable bonds is 3. The van der Waals surface area contributed by atoms with Crippen molar-refractivity contribution >= 4 is 11.6 Å². The van der Waals surface area contributed by atoms with Crippen LogP contribution in [0.3, 0.4) is 0 Å². The molecule has 0 atom stereocenters. The number of aromatic nitrogens is 2. The number of carbonyl (C=O) groups excluding carboxylic acids is 1. The largest absolute Gasteiger partial charge is 0.433 e. The highest BCUT2D eigenvalue weighted by Crippen LogP contribution is 2.29. The summed E-state index contributed by atoms with van der Waals surface area (Å²) >= 11 is 0. The molecule has 0 spiro atoms. The second kappa shape index (κ2) is 5.78. The molecule has 2 aromatic rings. The van der Waals surface area contributed by atoms with Crippen LogP contribution in [0, 0.1) is 19.7 Å². The van der Waals surface area contributed by atoms with Gasteiger partial charge in [0.25, 0.3) is 0 Å². The van der Waals surface area contributed by atoms with E-state index >= 15 is 0 Å². The fraction of sp³-hybridized carbons (Fsp3) is 0.286. The van der Waals surface area contributed by atoms with Gasteiger partial charge in [-0.15, -0.1) is 0 Å². The van der Waals surface area contributed by atoms with Gasteiger partial charge in [0.2, 0.25) is 5.91 Å². The first-order valence-corrected chi connectivity index (χ1v) is 6.34. The summed E-state index contributed by atoms with van der Waals surface area (Å²) in [4.78, 5) is 11.8. The van der Waals surface area contributed by atoms with E-state index in [2.05, 4.69) is 10.4 Å². The molecule has 0 unspecified atom stereocenters. The van der Waals surface area contributed by atoms with E-state index < -0.39 is 30.1 Å². The summed E-state index contributed by atoms with van der Waals surface area (Å²) in [6.07, 6.45) is -4.61. The minimum atomic E-state index is -4.61. The van der Waals surface area contributed by atoms with Gasteiger partial charge in [-0.1, -0.05) is 6.07 Å². The van der Waals surface area contributed by atoms with E-state index in [4.69, 9.17) is 0 Å². The lowest BCUT2D eigenvalue weighted by atomic mass is 10.2. The van der Waals surface area contributed by atoms with Crippen LogP contribution in [0.1, 0.15) is 17.0 Å². The highest BCUT2D eigenvalue weighted by molar-refractivity contribution is 5.90. The summed E-state index contributed by atoms with van der Waals surface area (Å²) in [5, 5.41) is 5.89. The molecule has 0 aliphatic heterocycles. The number of benzene rings is 1. The number of alkyl halides is 3. The minimum Gasteiger partial charge on any atom is -0.322 e. The van der Waals surface area contributed by atoms with Gasteiger partial charge in [-0.2, -0.15) is 18.3 Å². The third-order valence-electron chi connectivity index (χ3n) is 2.88. The Morgan fingerprint density at radius 3 is 2.59 bits per heavy atom. The topological polar surface area (TPSA) is 46.9 Å². The molecule has 22 heavy (non-hydrogen) atoms. The van der Waals surface area contributed by atoms with E-state index in [-0.39, 0.29) is 11.4 Å². The number of halogens is 4. The molecule has 0 aliphatic carbocycles. The molecule has 1 amide bonds. The van der Waals surface area contributed by atoms with Gasteiger partial charge >= 0.3 is 6.18 Å². The van der Waals surface area contributed by atoms with Gasteiger partial charge in [-0.05, 0) is 37.6 Å². The maximum atomic E-state index is 13.5. The first-order chi connectivity index (χ1) is 10.2. The lowest BCUT2D eigenvalue weighted by Gasteiger charge is -2.11. The van der Waals surface area contributed by atoms with Crippen LogP contribution in [0.15, 0.2) is 24.3 Å². The molecule has 0 bridgehead atoms.